The summed E-state index contributed by atoms with van der Waals surface area (Å²) in [6.07, 6.45) is 0. The lowest BCUT2D eigenvalue weighted by molar-refractivity contribution is 0.580. The summed E-state index contributed by atoms with van der Waals surface area (Å²) in [5, 5.41) is 0. The van der Waals surface area contributed by atoms with Crippen LogP contribution in [-0.4, -0.2) is 39.9 Å². The van der Waals surface area contributed by atoms with Gasteiger partial charge in [-0.15, -0.1) is 0 Å². The molecule has 0 bridgehead atoms. The van der Waals surface area contributed by atoms with Gasteiger partial charge in [0.1, 0.15) is 10.8 Å². The second-order valence-corrected chi connectivity index (χ2v) is 8.82. The van der Waals surface area contributed by atoms with Crippen LogP contribution < -0.4 is 10.5 Å². The third-order valence-corrected chi connectivity index (χ3v) is 6.04. The van der Waals surface area contributed by atoms with Crippen LogP contribution in [0.2, 0.25) is 0 Å². The number of hydrogen-bond acceptors (Lipinski definition) is 5. The van der Waals surface area contributed by atoms with Crippen LogP contribution in [0.15, 0.2) is 23.1 Å². The second-order valence-electron chi connectivity index (χ2n) is 4.14. The molecule has 0 radical (unpaired) electrons. The molecule has 6 nitrogen and oxygen atoms in total. The Hall–Kier alpha value is -1.10. The van der Waals surface area contributed by atoms with E-state index in [1.807, 2.05) is 0 Å². The lowest BCUT2D eigenvalue weighted by atomic mass is 10.2. The fourth-order valence-electron chi connectivity index (χ4n) is 1.42. The summed E-state index contributed by atoms with van der Waals surface area (Å²) in [7, 11) is -7.24. The number of rotatable bonds is 7. The fraction of sp³-hybridized carbons (Fsp3) is 0.364. The summed E-state index contributed by atoms with van der Waals surface area (Å²) in [6.45, 7) is 1.20. The highest BCUT2D eigenvalue weighted by atomic mass is 32.2. The highest BCUT2D eigenvalue weighted by Gasteiger charge is 2.18. The van der Waals surface area contributed by atoms with Gasteiger partial charge in [0.25, 0.3) is 0 Å². The van der Waals surface area contributed by atoms with Crippen LogP contribution >= 0.6 is 12.2 Å². The molecule has 21 heavy (non-hydrogen) atoms. The van der Waals surface area contributed by atoms with Crippen LogP contribution in [0, 0.1) is 5.82 Å². The Bertz CT molecular complexity index is 745. The molecule has 0 aliphatic heterocycles. The zero-order valence-corrected chi connectivity index (χ0v) is 13.6. The summed E-state index contributed by atoms with van der Waals surface area (Å²) in [5.74, 6) is -1.11. The highest BCUT2D eigenvalue weighted by Crippen LogP contribution is 2.15. The van der Waals surface area contributed by atoms with Crippen LogP contribution in [0.4, 0.5) is 4.39 Å². The second kappa shape index (κ2) is 6.77. The Labute approximate surface area is 128 Å². The van der Waals surface area contributed by atoms with Crippen molar-refractivity contribution in [3.8, 4) is 0 Å². The minimum Gasteiger partial charge on any atom is -0.389 e. The van der Waals surface area contributed by atoms with E-state index in [4.69, 9.17) is 5.73 Å². The van der Waals surface area contributed by atoms with Crippen molar-refractivity contribution >= 4 is 37.1 Å². The molecule has 0 spiro atoms. The number of nitrogens with two attached hydrogens (primary N) is 1. The average molecular weight is 354 g/mol. The molecule has 0 saturated heterocycles. The Morgan fingerprint density at radius 1 is 1.33 bits per heavy atom. The largest absolute Gasteiger partial charge is 0.389 e. The highest BCUT2D eigenvalue weighted by molar-refractivity contribution is 7.91. The van der Waals surface area contributed by atoms with Crippen LogP contribution in [0.5, 0.6) is 0 Å². The quantitative estimate of drug-likeness (QED) is 0.676. The van der Waals surface area contributed by atoms with E-state index in [0.717, 1.165) is 18.2 Å². The molecular formula is C11H15FN2O4S3. The van der Waals surface area contributed by atoms with Crippen molar-refractivity contribution in [1.29, 1.82) is 0 Å². The summed E-state index contributed by atoms with van der Waals surface area (Å²) in [6, 6.07) is 2.99. The van der Waals surface area contributed by atoms with Gasteiger partial charge in [-0.3, -0.25) is 0 Å². The number of halogens is 1. The first-order chi connectivity index (χ1) is 9.59. The van der Waals surface area contributed by atoms with Gasteiger partial charge in [-0.05, 0) is 18.2 Å². The summed E-state index contributed by atoms with van der Waals surface area (Å²) >= 11 is 4.63. The molecule has 0 heterocycles. The number of sulfonamides is 1. The molecule has 0 saturated carbocycles. The first kappa shape index (κ1) is 18.0. The number of thiocarbonyl (C=S) groups is 1. The maximum atomic E-state index is 13.4. The fourth-order valence-corrected chi connectivity index (χ4v) is 3.46. The van der Waals surface area contributed by atoms with Gasteiger partial charge in [0.05, 0.1) is 10.6 Å². The topological polar surface area (TPSA) is 106 Å². The van der Waals surface area contributed by atoms with Crippen molar-refractivity contribution in [1.82, 2.24) is 4.72 Å². The standard InChI is InChI=1S/C11H15FN2O4S3/c1-2-20(15,16)6-5-14-21(17,18)8-3-4-10(12)9(7-8)11(13)19/h3-4,7,14H,2,5-6H2,1H3,(H2,13,19). The van der Waals surface area contributed by atoms with Gasteiger partial charge in [0, 0.05) is 17.9 Å². The van der Waals surface area contributed by atoms with Gasteiger partial charge < -0.3 is 5.73 Å². The third kappa shape index (κ3) is 4.99. The Balaban J connectivity index is 2.94. The lowest BCUT2D eigenvalue weighted by Gasteiger charge is -2.08. The van der Waals surface area contributed by atoms with E-state index in [9.17, 15) is 21.2 Å². The van der Waals surface area contributed by atoms with E-state index >= 15 is 0 Å². The maximum absolute atomic E-state index is 13.4. The minimum absolute atomic E-state index is 0.0726. The zero-order valence-electron chi connectivity index (χ0n) is 11.2. The molecular weight excluding hydrogens is 339 g/mol. The van der Waals surface area contributed by atoms with Crippen molar-refractivity contribution < 1.29 is 21.2 Å². The number of hydrogen-bond donors (Lipinski definition) is 2. The van der Waals surface area contributed by atoms with E-state index in [1.165, 1.54) is 6.92 Å². The van der Waals surface area contributed by atoms with E-state index in [0.29, 0.717) is 0 Å². The van der Waals surface area contributed by atoms with Crippen molar-refractivity contribution in [2.75, 3.05) is 18.1 Å². The first-order valence-electron chi connectivity index (χ1n) is 5.88. The molecule has 0 aromatic heterocycles. The smallest absolute Gasteiger partial charge is 0.240 e. The molecule has 1 rings (SSSR count). The number of benzene rings is 1. The molecule has 1 aromatic carbocycles. The molecule has 10 heteroatoms. The molecule has 0 atom stereocenters. The molecule has 0 fully saturated rings. The molecule has 0 amide bonds. The van der Waals surface area contributed by atoms with Gasteiger partial charge in [-0.25, -0.2) is 25.9 Å². The normalized spacial score (nSPS) is 12.3. The van der Waals surface area contributed by atoms with Gasteiger partial charge in [-0.1, -0.05) is 19.1 Å². The van der Waals surface area contributed by atoms with E-state index < -0.39 is 25.7 Å². The predicted molar refractivity (Wildman–Crippen MR) is 81.8 cm³/mol. The third-order valence-electron chi connectivity index (χ3n) is 2.66. The lowest BCUT2D eigenvalue weighted by Crippen LogP contribution is -2.30. The monoisotopic (exact) mass is 354 g/mol. The van der Waals surface area contributed by atoms with Gasteiger partial charge in [0.15, 0.2) is 9.84 Å². The number of nitrogens with one attached hydrogen (secondary N) is 1. The Morgan fingerprint density at radius 2 is 1.95 bits per heavy atom. The van der Waals surface area contributed by atoms with Crippen molar-refractivity contribution in [3.63, 3.8) is 0 Å². The summed E-state index contributed by atoms with van der Waals surface area (Å²) < 4.78 is 62.1. The summed E-state index contributed by atoms with van der Waals surface area (Å²) in [4.78, 5) is -0.501. The Morgan fingerprint density at radius 3 is 2.48 bits per heavy atom. The van der Waals surface area contributed by atoms with Gasteiger partial charge in [-0.2, -0.15) is 0 Å². The molecule has 118 valence electrons. The van der Waals surface area contributed by atoms with Crippen LogP contribution in [0.25, 0.3) is 0 Å². The molecule has 0 aliphatic rings. The van der Waals surface area contributed by atoms with E-state index in [-0.39, 0.29) is 33.5 Å². The van der Waals surface area contributed by atoms with Crippen molar-refractivity contribution in [2.24, 2.45) is 5.73 Å². The average Bonchev–Trinajstić information content (AvgIpc) is 2.38. The SMILES string of the molecule is CCS(=O)(=O)CCNS(=O)(=O)c1ccc(F)c(C(N)=S)c1. The van der Waals surface area contributed by atoms with Crippen molar-refractivity contribution in [2.45, 2.75) is 11.8 Å². The van der Waals surface area contributed by atoms with Gasteiger partial charge in [0.2, 0.25) is 10.0 Å². The molecule has 1 aromatic rings. The zero-order chi connectivity index (χ0) is 16.3. The first-order valence-corrected chi connectivity index (χ1v) is 9.60. The maximum Gasteiger partial charge on any atom is 0.240 e. The van der Waals surface area contributed by atoms with Crippen molar-refractivity contribution in [3.05, 3.63) is 29.6 Å². The van der Waals surface area contributed by atoms with Crippen LogP contribution in [-0.2, 0) is 19.9 Å². The Kier molecular flexibility index (Phi) is 5.79. The van der Waals surface area contributed by atoms with E-state index in [1.54, 1.807) is 0 Å². The van der Waals surface area contributed by atoms with Gasteiger partial charge >= 0.3 is 0 Å². The molecule has 3 N–H and O–H groups in total. The van der Waals surface area contributed by atoms with E-state index in [2.05, 4.69) is 16.9 Å². The van der Waals surface area contributed by atoms with Crippen LogP contribution in [0.3, 0.4) is 0 Å². The summed E-state index contributed by atoms with van der Waals surface area (Å²) in [5.41, 5.74) is 5.11. The molecule has 0 aliphatic carbocycles. The minimum atomic E-state index is -3.96. The molecule has 0 unspecified atom stereocenters. The predicted octanol–water partition coefficient (Wildman–Crippen LogP) is 0.173. The number of sulfone groups is 1. The van der Waals surface area contributed by atoms with Crippen LogP contribution in [0.1, 0.15) is 12.5 Å².